The van der Waals surface area contributed by atoms with Crippen molar-refractivity contribution in [2.75, 3.05) is 5.32 Å². The molecule has 2 heteroatoms. The Morgan fingerprint density at radius 2 is 2.14 bits per heavy atom. The largest absolute Gasteiger partial charge is 0.326 e. The Labute approximate surface area is 81.9 Å². The summed E-state index contributed by atoms with van der Waals surface area (Å²) in [6.45, 7) is 0. The molecule has 0 saturated carbocycles. The second kappa shape index (κ2) is 2.58. The summed E-state index contributed by atoms with van der Waals surface area (Å²) < 4.78 is 0. The average Bonchev–Trinajstić information content (AvgIpc) is 2.40. The lowest BCUT2D eigenvalue weighted by Crippen LogP contribution is -2.03. The van der Waals surface area contributed by atoms with Gasteiger partial charge in [0.05, 0.1) is 6.42 Å². The maximum atomic E-state index is 11.1. The Bertz CT molecular complexity index is 483. The van der Waals surface area contributed by atoms with Crippen LogP contribution in [0.3, 0.4) is 0 Å². The zero-order chi connectivity index (χ0) is 9.54. The Hall–Kier alpha value is -1.83. The average molecular weight is 183 g/mol. The minimum atomic E-state index is 0.0929. The first-order valence-corrected chi connectivity index (χ1v) is 4.64. The zero-order valence-electron chi connectivity index (χ0n) is 7.58. The number of hydrogen-bond acceptors (Lipinski definition) is 1. The number of fused-ring (bicyclic) bond motifs is 1. The van der Waals surface area contributed by atoms with E-state index in [0.717, 1.165) is 11.3 Å². The summed E-state index contributed by atoms with van der Waals surface area (Å²) in [5.74, 6) is 0.0929. The van der Waals surface area contributed by atoms with Gasteiger partial charge >= 0.3 is 0 Å². The molecule has 68 valence electrons. The number of carbonyl (C=O) groups excluding carboxylic acids is 1. The standard InChI is InChI=1S/C12H9NO/c14-12-7-10-6-9(8-2-1-3-8)4-5-11(10)13-12/h1-6H,7H2,(H,13,14). The molecule has 3 rings (SSSR count). The van der Waals surface area contributed by atoms with Crippen molar-refractivity contribution in [2.45, 2.75) is 6.42 Å². The fourth-order valence-corrected chi connectivity index (χ4v) is 1.79. The molecule has 14 heavy (non-hydrogen) atoms. The summed E-state index contributed by atoms with van der Waals surface area (Å²) in [5, 5.41) is 2.82. The predicted molar refractivity (Wildman–Crippen MR) is 55.9 cm³/mol. The highest BCUT2D eigenvalue weighted by Crippen LogP contribution is 2.29. The Morgan fingerprint density at radius 1 is 1.29 bits per heavy atom. The third-order valence-corrected chi connectivity index (χ3v) is 2.62. The second-order valence-electron chi connectivity index (χ2n) is 3.58. The number of allylic oxidation sites excluding steroid dienone is 4. The van der Waals surface area contributed by atoms with Crippen molar-refractivity contribution in [3.63, 3.8) is 0 Å². The van der Waals surface area contributed by atoms with E-state index in [-0.39, 0.29) is 5.91 Å². The first-order chi connectivity index (χ1) is 6.83. The van der Waals surface area contributed by atoms with Crippen molar-refractivity contribution in [3.8, 4) is 0 Å². The monoisotopic (exact) mass is 183 g/mol. The van der Waals surface area contributed by atoms with Crippen molar-refractivity contribution >= 4 is 17.2 Å². The number of nitrogens with one attached hydrogen (secondary N) is 1. The maximum Gasteiger partial charge on any atom is 0.228 e. The van der Waals surface area contributed by atoms with Crippen LogP contribution in [-0.4, -0.2) is 5.91 Å². The van der Waals surface area contributed by atoms with Crippen molar-refractivity contribution in [1.29, 1.82) is 0 Å². The summed E-state index contributed by atoms with van der Waals surface area (Å²) in [6.07, 6.45) is 6.68. The van der Waals surface area contributed by atoms with E-state index in [4.69, 9.17) is 0 Å². The molecule has 0 radical (unpaired) electrons. The highest BCUT2D eigenvalue weighted by atomic mass is 16.1. The molecule has 2 nitrogen and oxygen atoms in total. The van der Waals surface area contributed by atoms with Crippen molar-refractivity contribution < 1.29 is 4.79 Å². The molecule has 0 spiro atoms. The Balaban J connectivity index is 2.03. The number of hydrogen-bond donors (Lipinski definition) is 1. The first kappa shape index (κ1) is 7.56. The van der Waals surface area contributed by atoms with Gasteiger partial charge in [-0.15, -0.1) is 0 Å². The molecule has 2 aliphatic rings. The van der Waals surface area contributed by atoms with Gasteiger partial charge in [-0.25, -0.2) is 0 Å². The second-order valence-corrected chi connectivity index (χ2v) is 3.58. The van der Waals surface area contributed by atoms with Crippen LogP contribution >= 0.6 is 0 Å². The molecule has 1 aliphatic heterocycles. The lowest BCUT2D eigenvalue weighted by Gasteiger charge is -2.08. The van der Waals surface area contributed by atoms with E-state index in [9.17, 15) is 4.79 Å². The highest BCUT2D eigenvalue weighted by molar-refractivity contribution is 5.99. The molecule has 1 aliphatic carbocycles. The number of anilines is 1. The van der Waals surface area contributed by atoms with E-state index >= 15 is 0 Å². The molecule has 0 bridgehead atoms. The molecule has 0 saturated heterocycles. The van der Waals surface area contributed by atoms with Crippen LogP contribution in [-0.2, 0) is 11.2 Å². The lowest BCUT2D eigenvalue weighted by molar-refractivity contribution is -0.115. The molecule has 1 aromatic rings. The van der Waals surface area contributed by atoms with E-state index < -0.39 is 0 Å². The van der Waals surface area contributed by atoms with Crippen LogP contribution in [0, 0.1) is 0 Å². The molecule has 1 heterocycles. The van der Waals surface area contributed by atoms with Crippen molar-refractivity contribution in [2.24, 2.45) is 0 Å². The number of rotatable bonds is 1. The highest BCUT2D eigenvalue weighted by Gasteiger charge is 2.17. The molecule has 1 amide bonds. The van der Waals surface area contributed by atoms with E-state index in [0.29, 0.717) is 6.42 Å². The Morgan fingerprint density at radius 3 is 2.86 bits per heavy atom. The van der Waals surface area contributed by atoms with Crippen LogP contribution in [0.25, 0.3) is 5.57 Å². The number of amides is 1. The minimum Gasteiger partial charge on any atom is -0.326 e. The van der Waals surface area contributed by atoms with E-state index in [1.54, 1.807) is 0 Å². The van der Waals surface area contributed by atoms with E-state index in [1.807, 2.05) is 18.2 Å². The van der Waals surface area contributed by atoms with Crippen molar-refractivity contribution in [3.05, 3.63) is 47.6 Å². The maximum absolute atomic E-state index is 11.1. The fourth-order valence-electron chi connectivity index (χ4n) is 1.79. The lowest BCUT2D eigenvalue weighted by atomic mass is 9.97. The van der Waals surface area contributed by atoms with E-state index in [2.05, 4.69) is 23.5 Å². The number of carbonyl (C=O) groups is 1. The molecule has 0 aromatic heterocycles. The topological polar surface area (TPSA) is 29.1 Å². The molecule has 1 aromatic carbocycles. The zero-order valence-corrected chi connectivity index (χ0v) is 7.58. The fraction of sp³-hybridized carbons (Fsp3) is 0.0833. The van der Waals surface area contributed by atoms with Gasteiger partial charge in [0, 0.05) is 5.69 Å². The van der Waals surface area contributed by atoms with Crippen LogP contribution in [0.15, 0.2) is 36.4 Å². The molecule has 0 atom stereocenters. The van der Waals surface area contributed by atoms with Crippen molar-refractivity contribution in [1.82, 2.24) is 0 Å². The van der Waals surface area contributed by atoms with Gasteiger partial charge < -0.3 is 5.32 Å². The van der Waals surface area contributed by atoms with Crippen LogP contribution < -0.4 is 5.32 Å². The molecule has 1 N–H and O–H groups in total. The van der Waals surface area contributed by atoms with Crippen LogP contribution in [0.5, 0.6) is 0 Å². The smallest absolute Gasteiger partial charge is 0.228 e. The van der Waals surface area contributed by atoms with Gasteiger partial charge in [0.2, 0.25) is 5.91 Å². The first-order valence-electron chi connectivity index (χ1n) is 4.64. The number of benzene rings is 1. The van der Waals surface area contributed by atoms with Crippen LogP contribution in [0.4, 0.5) is 5.69 Å². The van der Waals surface area contributed by atoms with Gasteiger partial charge in [0.1, 0.15) is 0 Å². The normalized spacial score (nSPS) is 17.1. The molecular formula is C12H9NO. The van der Waals surface area contributed by atoms with Gasteiger partial charge in [-0.1, -0.05) is 24.3 Å². The minimum absolute atomic E-state index is 0.0929. The third kappa shape index (κ3) is 1.01. The van der Waals surface area contributed by atoms with Gasteiger partial charge in [0.25, 0.3) is 0 Å². The quantitative estimate of drug-likeness (QED) is 0.710. The van der Waals surface area contributed by atoms with Crippen LogP contribution in [0.1, 0.15) is 11.1 Å². The van der Waals surface area contributed by atoms with Gasteiger partial charge in [-0.3, -0.25) is 4.79 Å². The summed E-state index contributed by atoms with van der Waals surface area (Å²) in [5.41, 5.74) is 4.51. The van der Waals surface area contributed by atoms with E-state index in [1.165, 1.54) is 11.1 Å². The van der Waals surface area contributed by atoms with Crippen LogP contribution in [0.2, 0.25) is 0 Å². The summed E-state index contributed by atoms with van der Waals surface area (Å²) in [4.78, 5) is 11.1. The van der Waals surface area contributed by atoms with Gasteiger partial charge in [0.15, 0.2) is 0 Å². The molecule has 0 fully saturated rings. The molecule has 0 unspecified atom stereocenters. The summed E-state index contributed by atoms with van der Waals surface area (Å²) >= 11 is 0. The van der Waals surface area contributed by atoms with Gasteiger partial charge in [-0.2, -0.15) is 0 Å². The predicted octanol–water partition coefficient (Wildman–Crippen LogP) is 2.13. The SMILES string of the molecule is O=C1Cc2cc(C3=CC=C3)ccc2N1. The summed E-state index contributed by atoms with van der Waals surface area (Å²) in [6, 6.07) is 6.10. The summed E-state index contributed by atoms with van der Waals surface area (Å²) in [7, 11) is 0. The third-order valence-electron chi connectivity index (χ3n) is 2.62. The molecular weight excluding hydrogens is 174 g/mol. The van der Waals surface area contributed by atoms with Gasteiger partial charge in [-0.05, 0) is 28.8 Å². The Kier molecular flexibility index (Phi) is 1.39.